The van der Waals surface area contributed by atoms with Crippen molar-refractivity contribution in [2.24, 2.45) is 11.7 Å². The predicted molar refractivity (Wildman–Crippen MR) is 130 cm³/mol. The van der Waals surface area contributed by atoms with E-state index in [4.69, 9.17) is 15.2 Å². The number of nitrogens with two attached hydrogens (primary N) is 1. The molecule has 2 atom stereocenters. The number of carbonyl (C=O) groups is 1. The number of nitrogens with zero attached hydrogens (tertiary/aromatic N) is 1. The minimum atomic E-state index is -0.501. The van der Waals surface area contributed by atoms with E-state index in [0.717, 1.165) is 17.4 Å². The lowest BCUT2D eigenvalue weighted by Gasteiger charge is -2.36. The van der Waals surface area contributed by atoms with Gasteiger partial charge in [-0.3, -0.25) is 4.79 Å². The quantitative estimate of drug-likeness (QED) is 0.485. The number of hydrogen-bond donors (Lipinski definition) is 1. The number of benzene rings is 2. The predicted octanol–water partition coefficient (Wildman–Crippen LogP) is 5.25. The SMILES string of the molecule is CCOC(OCC)[C@H](C)N(Cc1cccc2ccccc12)C(=O)[C@@H](N)CC1CCCCC1. The summed E-state index contributed by atoms with van der Waals surface area (Å²) in [5, 5.41) is 2.33. The van der Waals surface area contributed by atoms with Crippen molar-refractivity contribution in [2.75, 3.05) is 13.2 Å². The lowest BCUT2D eigenvalue weighted by molar-refractivity contribution is -0.179. The molecule has 2 aromatic rings. The monoisotopic (exact) mass is 440 g/mol. The van der Waals surface area contributed by atoms with Gasteiger partial charge >= 0.3 is 0 Å². The van der Waals surface area contributed by atoms with Gasteiger partial charge in [0.2, 0.25) is 5.91 Å². The van der Waals surface area contributed by atoms with Gasteiger partial charge < -0.3 is 20.1 Å². The molecule has 5 heteroatoms. The molecule has 1 saturated carbocycles. The van der Waals surface area contributed by atoms with Gasteiger partial charge in [-0.25, -0.2) is 0 Å². The molecule has 0 saturated heterocycles. The lowest BCUT2D eigenvalue weighted by atomic mass is 9.84. The summed E-state index contributed by atoms with van der Waals surface area (Å²) in [5.41, 5.74) is 7.64. The summed E-state index contributed by atoms with van der Waals surface area (Å²) in [5.74, 6) is 0.535. The maximum atomic E-state index is 13.7. The first-order chi connectivity index (χ1) is 15.5. The van der Waals surface area contributed by atoms with E-state index in [9.17, 15) is 4.79 Å². The Morgan fingerprint density at radius 3 is 2.38 bits per heavy atom. The first-order valence-corrected chi connectivity index (χ1v) is 12.3. The van der Waals surface area contributed by atoms with Crippen LogP contribution in [0.1, 0.15) is 64.9 Å². The summed E-state index contributed by atoms with van der Waals surface area (Å²) in [6, 6.07) is 13.8. The first kappa shape index (κ1) is 24.7. The number of hydrogen-bond acceptors (Lipinski definition) is 4. The zero-order valence-corrected chi connectivity index (χ0v) is 20.0. The molecule has 0 unspecified atom stereocenters. The third-order valence-electron chi connectivity index (χ3n) is 6.68. The van der Waals surface area contributed by atoms with Gasteiger partial charge in [-0.1, -0.05) is 74.6 Å². The second-order valence-electron chi connectivity index (χ2n) is 8.97. The topological polar surface area (TPSA) is 64.8 Å². The van der Waals surface area contributed by atoms with Crippen LogP contribution >= 0.6 is 0 Å². The molecule has 3 rings (SSSR count). The van der Waals surface area contributed by atoms with Crippen LogP contribution in [0.25, 0.3) is 10.8 Å². The molecule has 5 nitrogen and oxygen atoms in total. The molecular formula is C27H40N2O3. The van der Waals surface area contributed by atoms with Crippen LogP contribution in [0.4, 0.5) is 0 Å². The van der Waals surface area contributed by atoms with E-state index in [2.05, 4.69) is 30.3 Å². The highest BCUT2D eigenvalue weighted by molar-refractivity contribution is 5.87. The van der Waals surface area contributed by atoms with Crippen molar-refractivity contribution in [1.29, 1.82) is 0 Å². The number of ether oxygens (including phenoxy) is 2. The van der Waals surface area contributed by atoms with Gasteiger partial charge in [0, 0.05) is 19.8 Å². The third-order valence-corrected chi connectivity index (χ3v) is 6.68. The van der Waals surface area contributed by atoms with Gasteiger partial charge in [0.05, 0.1) is 12.1 Å². The second kappa shape index (κ2) is 12.3. The standard InChI is InChI=1S/C27H40N2O3/c1-4-31-27(32-5-2)20(3)29(26(30)25(28)18-21-12-7-6-8-13-21)19-23-16-11-15-22-14-9-10-17-24(22)23/h9-11,14-17,20-21,25,27H,4-8,12-13,18-19,28H2,1-3H3/t20-,25-/m0/s1. The van der Waals surface area contributed by atoms with Gasteiger partial charge in [0.1, 0.15) is 0 Å². The Morgan fingerprint density at radius 2 is 1.69 bits per heavy atom. The molecule has 1 aliphatic rings. The van der Waals surface area contributed by atoms with Crippen molar-refractivity contribution < 1.29 is 14.3 Å². The first-order valence-electron chi connectivity index (χ1n) is 12.3. The highest BCUT2D eigenvalue weighted by Crippen LogP contribution is 2.28. The van der Waals surface area contributed by atoms with Crippen molar-refractivity contribution in [3.8, 4) is 0 Å². The average molecular weight is 441 g/mol. The number of fused-ring (bicyclic) bond motifs is 1. The molecule has 0 bridgehead atoms. The average Bonchev–Trinajstić information content (AvgIpc) is 2.82. The van der Waals surface area contributed by atoms with Crippen molar-refractivity contribution in [1.82, 2.24) is 4.90 Å². The van der Waals surface area contributed by atoms with E-state index in [-0.39, 0.29) is 11.9 Å². The summed E-state index contributed by atoms with van der Waals surface area (Å²) in [6.45, 7) is 7.44. The molecule has 2 aromatic carbocycles. The van der Waals surface area contributed by atoms with E-state index in [0.29, 0.717) is 25.7 Å². The molecule has 0 aromatic heterocycles. The van der Waals surface area contributed by atoms with Gasteiger partial charge in [-0.05, 0) is 49.4 Å². The fourth-order valence-electron chi connectivity index (χ4n) is 4.93. The fourth-order valence-corrected chi connectivity index (χ4v) is 4.93. The number of amides is 1. The Balaban J connectivity index is 1.86. The van der Waals surface area contributed by atoms with Gasteiger partial charge in [-0.2, -0.15) is 0 Å². The Bertz CT molecular complexity index is 838. The van der Waals surface area contributed by atoms with E-state index in [1.165, 1.54) is 37.5 Å². The maximum Gasteiger partial charge on any atom is 0.240 e. The van der Waals surface area contributed by atoms with Gasteiger partial charge in [0.15, 0.2) is 6.29 Å². The Hall–Kier alpha value is -1.95. The van der Waals surface area contributed by atoms with Crippen LogP contribution in [0.3, 0.4) is 0 Å². The molecule has 0 radical (unpaired) electrons. The van der Waals surface area contributed by atoms with E-state index in [1.54, 1.807) is 0 Å². The Labute approximate surface area is 193 Å². The van der Waals surface area contributed by atoms with Crippen LogP contribution in [0.2, 0.25) is 0 Å². The number of rotatable bonds is 11. The van der Waals surface area contributed by atoms with Crippen molar-refractivity contribution in [2.45, 2.75) is 84.2 Å². The fraction of sp³-hybridized carbons (Fsp3) is 0.593. The van der Waals surface area contributed by atoms with Crippen LogP contribution in [0.5, 0.6) is 0 Å². The van der Waals surface area contributed by atoms with Crippen LogP contribution in [-0.4, -0.2) is 42.4 Å². The molecule has 0 aliphatic heterocycles. The molecular weight excluding hydrogens is 400 g/mol. The highest BCUT2D eigenvalue weighted by Gasteiger charge is 2.32. The third kappa shape index (κ3) is 6.31. The van der Waals surface area contributed by atoms with Crippen LogP contribution < -0.4 is 5.73 Å². The Morgan fingerprint density at radius 1 is 1.03 bits per heavy atom. The Kier molecular flexibility index (Phi) is 9.51. The zero-order chi connectivity index (χ0) is 22.9. The smallest absolute Gasteiger partial charge is 0.240 e. The van der Waals surface area contributed by atoms with Crippen molar-refractivity contribution >= 4 is 16.7 Å². The summed E-state index contributed by atoms with van der Waals surface area (Å²) in [4.78, 5) is 15.6. The highest BCUT2D eigenvalue weighted by atomic mass is 16.7. The van der Waals surface area contributed by atoms with E-state index in [1.807, 2.05) is 37.8 Å². The maximum absolute atomic E-state index is 13.7. The molecule has 2 N–H and O–H groups in total. The molecule has 32 heavy (non-hydrogen) atoms. The largest absolute Gasteiger partial charge is 0.351 e. The van der Waals surface area contributed by atoms with Crippen LogP contribution in [0.15, 0.2) is 42.5 Å². The van der Waals surface area contributed by atoms with Crippen LogP contribution in [0, 0.1) is 5.92 Å². The molecule has 1 aliphatic carbocycles. The molecule has 176 valence electrons. The van der Waals surface area contributed by atoms with Crippen LogP contribution in [-0.2, 0) is 20.8 Å². The summed E-state index contributed by atoms with van der Waals surface area (Å²) >= 11 is 0. The summed E-state index contributed by atoms with van der Waals surface area (Å²) in [6.07, 6.45) is 6.43. The van der Waals surface area contributed by atoms with Gasteiger partial charge in [0.25, 0.3) is 0 Å². The van der Waals surface area contributed by atoms with Crippen molar-refractivity contribution in [3.63, 3.8) is 0 Å². The minimum absolute atomic E-state index is 0.0135. The normalized spacial score (nSPS) is 16.9. The molecule has 1 amide bonds. The second-order valence-corrected chi connectivity index (χ2v) is 8.97. The van der Waals surface area contributed by atoms with Gasteiger partial charge in [-0.15, -0.1) is 0 Å². The summed E-state index contributed by atoms with van der Waals surface area (Å²) < 4.78 is 11.7. The van der Waals surface area contributed by atoms with Crippen molar-refractivity contribution in [3.05, 3.63) is 48.0 Å². The zero-order valence-electron chi connectivity index (χ0n) is 20.0. The lowest BCUT2D eigenvalue weighted by Crippen LogP contribution is -2.52. The minimum Gasteiger partial charge on any atom is -0.351 e. The van der Waals surface area contributed by atoms with E-state index < -0.39 is 12.3 Å². The van der Waals surface area contributed by atoms with E-state index >= 15 is 0 Å². The molecule has 1 fully saturated rings. The molecule has 0 heterocycles. The number of carbonyl (C=O) groups excluding carboxylic acids is 1. The molecule has 0 spiro atoms. The summed E-state index contributed by atoms with van der Waals surface area (Å²) in [7, 11) is 0.